The predicted octanol–water partition coefficient (Wildman–Crippen LogP) is 1.80. The van der Waals surface area contributed by atoms with Crippen molar-refractivity contribution in [3.8, 4) is 0 Å². The Morgan fingerprint density at radius 3 is 2.62 bits per heavy atom. The highest BCUT2D eigenvalue weighted by Gasteiger charge is 2.54. The number of aromatic nitrogens is 1. The number of rotatable bonds is 8. The lowest BCUT2D eigenvalue weighted by Crippen LogP contribution is -2.70. The van der Waals surface area contributed by atoms with Crippen LogP contribution >= 0.6 is 34.9 Å². The average molecular weight is 492 g/mol. The minimum absolute atomic E-state index is 0.118. The molecule has 0 saturated carbocycles. The topological polar surface area (TPSA) is 137 Å². The van der Waals surface area contributed by atoms with E-state index < -0.39 is 29.3 Å². The quantitative estimate of drug-likeness (QED) is 0.472. The molecule has 166 valence electrons. The molecule has 12 heteroatoms. The van der Waals surface area contributed by atoms with Crippen LogP contribution in [-0.2, 0) is 32.0 Å². The number of benzene rings is 1. The number of carbonyl (C=O) groups excluding carboxylic acids is 2. The van der Waals surface area contributed by atoms with E-state index in [2.05, 4.69) is 10.3 Å². The van der Waals surface area contributed by atoms with Gasteiger partial charge in [0.15, 0.2) is 4.34 Å². The summed E-state index contributed by atoms with van der Waals surface area (Å²) in [7, 11) is 0. The zero-order chi connectivity index (χ0) is 22.8. The molecule has 9 nitrogen and oxygen atoms in total. The van der Waals surface area contributed by atoms with Gasteiger partial charge in [0.25, 0.3) is 5.91 Å². The first kappa shape index (κ1) is 22.4. The van der Waals surface area contributed by atoms with Gasteiger partial charge in [-0.2, -0.15) is 0 Å². The van der Waals surface area contributed by atoms with Crippen LogP contribution < -0.4 is 5.32 Å². The Kier molecular flexibility index (Phi) is 6.53. The Morgan fingerprint density at radius 2 is 1.94 bits per heavy atom. The van der Waals surface area contributed by atoms with Crippen molar-refractivity contribution in [1.82, 2.24) is 15.2 Å². The third-order valence-corrected chi connectivity index (χ3v) is 8.27. The standard InChI is InChI=1S/C20H17N3O6S3/c24-13(6-10-4-2-1-3-5-10)22-15-17(27)23-16(19(28)29)12(9-30-18(15)23)32-20-21-11(8-31-20)7-14(25)26/h1-5,8,15,18H,6-7,9H2,(H,22,24)(H,25,26)(H,28,29)/t15-,18+/m1/s1. The zero-order valence-electron chi connectivity index (χ0n) is 16.4. The van der Waals surface area contributed by atoms with Crippen molar-refractivity contribution in [1.29, 1.82) is 0 Å². The van der Waals surface area contributed by atoms with Crippen LogP contribution in [-0.4, -0.2) is 61.0 Å². The minimum atomic E-state index is -1.23. The first-order valence-electron chi connectivity index (χ1n) is 9.42. The second kappa shape index (κ2) is 9.35. The monoisotopic (exact) mass is 491 g/mol. The van der Waals surface area contributed by atoms with Crippen LogP contribution in [0.15, 0.2) is 50.7 Å². The fourth-order valence-electron chi connectivity index (χ4n) is 3.35. The first-order chi connectivity index (χ1) is 15.3. The van der Waals surface area contributed by atoms with Crippen LogP contribution in [0.25, 0.3) is 0 Å². The summed E-state index contributed by atoms with van der Waals surface area (Å²) in [5.41, 5.74) is 1.10. The molecule has 1 fully saturated rings. The molecule has 0 aliphatic carbocycles. The maximum atomic E-state index is 12.7. The summed E-state index contributed by atoms with van der Waals surface area (Å²) in [6, 6.07) is 8.36. The molecule has 0 bridgehead atoms. The smallest absolute Gasteiger partial charge is 0.353 e. The zero-order valence-corrected chi connectivity index (χ0v) is 18.8. The molecule has 1 aromatic heterocycles. The molecule has 0 unspecified atom stereocenters. The summed E-state index contributed by atoms with van der Waals surface area (Å²) in [6.45, 7) is 0. The van der Waals surface area contributed by atoms with Crippen molar-refractivity contribution in [2.45, 2.75) is 28.6 Å². The third kappa shape index (κ3) is 4.66. The number of thioether (sulfide) groups is 2. The van der Waals surface area contributed by atoms with E-state index in [1.54, 1.807) is 5.38 Å². The van der Waals surface area contributed by atoms with Gasteiger partial charge in [0.1, 0.15) is 17.1 Å². The molecule has 4 rings (SSSR count). The SMILES string of the molecule is O=C(O)Cc1csc(SC2=C(C(=O)O)N3C(=O)[C@@H](NC(=O)Cc4ccccc4)[C@@H]3SC2)n1. The number of hydrogen-bond donors (Lipinski definition) is 3. The van der Waals surface area contributed by atoms with Crippen molar-refractivity contribution in [2.24, 2.45) is 0 Å². The molecule has 32 heavy (non-hydrogen) atoms. The number of aliphatic carboxylic acids is 2. The van der Waals surface area contributed by atoms with Crippen LogP contribution in [0.1, 0.15) is 11.3 Å². The van der Waals surface area contributed by atoms with Gasteiger partial charge < -0.3 is 15.5 Å². The van der Waals surface area contributed by atoms with Crippen molar-refractivity contribution in [3.05, 3.63) is 57.6 Å². The van der Waals surface area contributed by atoms with Crippen LogP contribution in [0.3, 0.4) is 0 Å². The van der Waals surface area contributed by atoms with Crippen molar-refractivity contribution in [2.75, 3.05) is 5.75 Å². The van der Waals surface area contributed by atoms with E-state index in [9.17, 15) is 24.3 Å². The van der Waals surface area contributed by atoms with Gasteiger partial charge in [0.2, 0.25) is 5.91 Å². The highest BCUT2D eigenvalue weighted by molar-refractivity contribution is 8.07. The maximum Gasteiger partial charge on any atom is 0.353 e. The van der Waals surface area contributed by atoms with Crippen LogP contribution in [0.2, 0.25) is 0 Å². The molecule has 0 radical (unpaired) electrons. The molecule has 3 N–H and O–H groups in total. The number of β-lactam (4-membered cyclic amide) rings is 1. The number of carboxylic acids is 2. The van der Waals surface area contributed by atoms with E-state index in [-0.39, 0.29) is 24.4 Å². The second-order valence-electron chi connectivity index (χ2n) is 6.97. The summed E-state index contributed by atoms with van der Waals surface area (Å²) < 4.78 is 0.509. The highest BCUT2D eigenvalue weighted by atomic mass is 32.2. The molecular weight excluding hydrogens is 474 g/mol. The first-order valence-corrected chi connectivity index (χ1v) is 12.2. The van der Waals surface area contributed by atoms with E-state index >= 15 is 0 Å². The predicted molar refractivity (Wildman–Crippen MR) is 119 cm³/mol. The number of carbonyl (C=O) groups is 4. The number of nitrogens with zero attached hydrogens (tertiary/aromatic N) is 2. The molecule has 2 amide bonds. The van der Waals surface area contributed by atoms with Crippen molar-refractivity contribution >= 4 is 58.6 Å². The van der Waals surface area contributed by atoms with Crippen LogP contribution in [0.5, 0.6) is 0 Å². The molecular formula is C20H17N3O6S3. The van der Waals surface area contributed by atoms with Gasteiger partial charge in [-0.1, -0.05) is 42.1 Å². The molecule has 2 aliphatic heterocycles. The van der Waals surface area contributed by atoms with E-state index in [0.717, 1.165) is 17.3 Å². The molecule has 2 atom stereocenters. The van der Waals surface area contributed by atoms with Gasteiger partial charge in [-0.05, 0) is 5.56 Å². The maximum absolute atomic E-state index is 12.7. The van der Waals surface area contributed by atoms with Gasteiger partial charge in [0, 0.05) is 16.0 Å². The van der Waals surface area contributed by atoms with Crippen molar-refractivity contribution in [3.63, 3.8) is 0 Å². The molecule has 1 saturated heterocycles. The van der Waals surface area contributed by atoms with Crippen LogP contribution in [0, 0.1) is 0 Å². The molecule has 2 aliphatic rings. The summed E-state index contributed by atoms with van der Waals surface area (Å²) in [5.74, 6) is -2.67. The number of nitrogens with one attached hydrogen (secondary N) is 1. The van der Waals surface area contributed by atoms with Gasteiger partial charge in [-0.15, -0.1) is 23.1 Å². The van der Waals surface area contributed by atoms with E-state index in [0.29, 0.717) is 20.7 Å². The van der Waals surface area contributed by atoms with E-state index in [1.165, 1.54) is 28.0 Å². The largest absolute Gasteiger partial charge is 0.481 e. The lowest BCUT2D eigenvalue weighted by Gasteiger charge is -2.49. The van der Waals surface area contributed by atoms with E-state index in [4.69, 9.17) is 5.11 Å². The lowest BCUT2D eigenvalue weighted by molar-refractivity contribution is -0.150. The molecule has 2 aromatic rings. The number of thiazole rings is 1. The Bertz CT molecular complexity index is 1120. The Hall–Kier alpha value is -2.83. The number of carboxylic acid groups (broad SMARTS) is 2. The Labute approximate surface area is 194 Å². The van der Waals surface area contributed by atoms with Gasteiger partial charge in [0.05, 0.1) is 18.5 Å². The summed E-state index contributed by atoms with van der Waals surface area (Å²) >= 11 is 3.71. The highest BCUT2D eigenvalue weighted by Crippen LogP contribution is 2.45. The Balaban J connectivity index is 1.46. The fraction of sp³-hybridized carbons (Fsp3) is 0.250. The molecule has 3 heterocycles. The fourth-order valence-corrected chi connectivity index (χ4v) is 6.82. The van der Waals surface area contributed by atoms with Gasteiger partial charge >= 0.3 is 11.9 Å². The van der Waals surface area contributed by atoms with Crippen molar-refractivity contribution < 1.29 is 29.4 Å². The summed E-state index contributed by atoms with van der Waals surface area (Å²) in [4.78, 5) is 53.8. The number of hydrogen-bond acceptors (Lipinski definition) is 8. The Morgan fingerprint density at radius 1 is 1.19 bits per heavy atom. The molecule has 0 spiro atoms. The summed E-state index contributed by atoms with van der Waals surface area (Å²) in [6.07, 6.45) is -0.0822. The summed E-state index contributed by atoms with van der Waals surface area (Å²) in [5, 5.41) is 22.5. The normalized spacial score (nSPS) is 19.9. The number of fused-ring (bicyclic) bond motifs is 1. The van der Waals surface area contributed by atoms with Gasteiger partial charge in [-0.3, -0.25) is 19.3 Å². The van der Waals surface area contributed by atoms with Gasteiger partial charge in [-0.25, -0.2) is 9.78 Å². The third-order valence-electron chi connectivity index (χ3n) is 4.73. The lowest BCUT2D eigenvalue weighted by atomic mass is 10.0. The molecule has 1 aromatic carbocycles. The number of amides is 2. The average Bonchev–Trinajstić information content (AvgIpc) is 3.18. The second-order valence-corrected chi connectivity index (χ2v) is 10.3. The van der Waals surface area contributed by atoms with Crippen LogP contribution in [0.4, 0.5) is 0 Å². The van der Waals surface area contributed by atoms with E-state index in [1.807, 2.05) is 30.3 Å². The minimum Gasteiger partial charge on any atom is -0.481 e.